The highest BCUT2D eigenvalue weighted by atomic mass is 16.4. The van der Waals surface area contributed by atoms with E-state index in [4.69, 9.17) is 5.73 Å². The Morgan fingerprint density at radius 1 is 1.31 bits per heavy atom. The molecule has 7 heteroatoms. The Kier molecular flexibility index (Phi) is 6.76. The predicted octanol–water partition coefficient (Wildman–Crippen LogP) is 0.918. The molecule has 0 radical (unpaired) electrons. The summed E-state index contributed by atoms with van der Waals surface area (Å²) in [5, 5.41) is 24.8. The second-order valence-corrected chi connectivity index (χ2v) is 6.89. The minimum atomic E-state index is -0.981. The Bertz CT molecular complexity index is 672. The maximum Gasteiger partial charge on any atom is 0.331 e. The fourth-order valence-electron chi connectivity index (χ4n) is 3.24. The molecule has 1 aliphatic carbocycles. The lowest BCUT2D eigenvalue weighted by atomic mass is 9.86. The fourth-order valence-corrected chi connectivity index (χ4v) is 3.24. The summed E-state index contributed by atoms with van der Waals surface area (Å²) >= 11 is 0. The first-order valence-electron chi connectivity index (χ1n) is 8.77. The van der Waals surface area contributed by atoms with Crippen LogP contribution in [0, 0.1) is 0 Å². The van der Waals surface area contributed by atoms with Gasteiger partial charge >= 0.3 is 5.97 Å². The zero-order valence-electron chi connectivity index (χ0n) is 15.1. The van der Waals surface area contributed by atoms with Gasteiger partial charge in [-0.25, -0.2) is 4.79 Å². The molecule has 6 N–H and O–H groups in total. The summed E-state index contributed by atoms with van der Waals surface area (Å²) in [6.45, 7) is 3.44. The van der Waals surface area contributed by atoms with Crippen molar-refractivity contribution >= 4 is 11.9 Å². The molecular weight excluding hydrogens is 334 g/mol. The molecule has 4 atom stereocenters. The molecule has 142 valence electrons. The van der Waals surface area contributed by atoms with Crippen LogP contribution in [0.2, 0.25) is 0 Å². The molecule has 0 fully saturated rings. The molecule has 0 spiro atoms. The van der Waals surface area contributed by atoms with Crippen LogP contribution in [-0.2, 0) is 16.0 Å². The van der Waals surface area contributed by atoms with E-state index in [0.717, 1.165) is 18.4 Å². The molecule has 1 amide bonds. The minimum Gasteiger partial charge on any atom is -0.508 e. The van der Waals surface area contributed by atoms with E-state index >= 15 is 0 Å². The van der Waals surface area contributed by atoms with Gasteiger partial charge in [-0.1, -0.05) is 18.2 Å². The van der Waals surface area contributed by atoms with Crippen LogP contribution < -0.4 is 16.4 Å². The minimum absolute atomic E-state index is 0.0849. The summed E-state index contributed by atoms with van der Waals surface area (Å²) in [7, 11) is 0. The number of amides is 1. The van der Waals surface area contributed by atoms with Gasteiger partial charge in [-0.2, -0.15) is 0 Å². The average Bonchev–Trinajstić information content (AvgIpc) is 2.56. The number of phenols is 1. The van der Waals surface area contributed by atoms with Crippen LogP contribution in [0.1, 0.15) is 32.3 Å². The number of rotatable bonds is 7. The van der Waals surface area contributed by atoms with Gasteiger partial charge in [-0.3, -0.25) is 4.79 Å². The predicted molar refractivity (Wildman–Crippen MR) is 98.7 cm³/mol. The highest BCUT2D eigenvalue weighted by Crippen LogP contribution is 2.20. The number of carbonyl (C=O) groups is 2. The van der Waals surface area contributed by atoms with Crippen molar-refractivity contribution in [3.05, 3.63) is 41.5 Å². The van der Waals surface area contributed by atoms with Crippen LogP contribution in [0.15, 0.2) is 35.9 Å². The lowest BCUT2D eigenvalue weighted by Gasteiger charge is -2.36. The quantitative estimate of drug-likeness (QED) is 0.492. The zero-order chi connectivity index (χ0) is 19.3. The second-order valence-electron chi connectivity index (χ2n) is 6.89. The van der Waals surface area contributed by atoms with Crippen molar-refractivity contribution < 1.29 is 19.8 Å². The first-order chi connectivity index (χ1) is 12.3. The molecule has 26 heavy (non-hydrogen) atoms. The van der Waals surface area contributed by atoms with Crippen molar-refractivity contribution in [3.8, 4) is 5.75 Å². The number of phenolic OH excluding ortho intramolecular Hbond substituents is 1. The van der Waals surface area contributed by atoms with Gasteiger partial charge in [-0.05, 0) is 43.9 Å². The van der Waals surface area contributed by atoms with Crippen LogP contribution in [-0.4, -0.2) is 46.3 Å². The lowest BCUT2D eigenvalue weighted by molar-refractivity contribution is -0.133. The molecule has 0 saturated carbocycles. The first kappa shape index (κ1) is 19.9. The lowest BCUT2D eigenvalue weighted by Crippen LogP contribution is -2.61. The third-order valence-corrected chi connectivity index (χ3v) is 4.61. The zero-order valence-corrected chi connectivity index (χ0v) is 15.1. The summed E-state index contributed by atoms with van der Waals surface area (Å²) in [4.78, 5) is 22.8. The number of carboxylic acid groups (broad SMARTS) is 1. The van der Waals surface area contributed by atoms with Gasteiger partial charge in [0.1, 0.15) is 5.75 Å². The summed E-state index contributed by atoms with van der Waals surface area (Å²) in [5.41, 5.74) is 7.49. The SMILES string of the molecule is CC(=O)N[C@@H]1[C@@H](N)CC(C(=O)O)=C[C@H]1NC(C)CCc1ccc(O)cc1. The number of carboxylic acids is 1. The van der Waals surface area contributed by atoms with Gasteiger partial charge in [-0.15, -0.1) is 0 Å². The molecule has 0 aromatic heterocycles. The molecule has 1 unspecified atom stereocenters. The largest absolute Gasteiger partial charge is 0.508 e. The summed E-state index contributed by atoms with van der Waals surface area (Å²) in [6, 6.07) is 5.99. The molecule has 0 heterocycles. The normalized spacial score (nSPS) is 23.8. The van der Waals surface area contributed by atoms with Crippen LogP contribution in [0.3, 0.4) is 0 Å². The van der Waals surface area contributed by atoms with E-state index in [-0.39, 0.29) is 41.8 Å². The van der Waals surface area contributed by atoms with Crippen LogP contribution in [0.4, 0.5) is 0 Å². The monoisotopic (exact) mass is 361 g/mol. The number of hydrogen-bond donors (Lipinski definition) is 5. The molecule has 7 nitrogen and oxygen atoms in total. The van der Waals surface area contributed by atoms with Gasteiger partial charge in [0.15, 0.2) is 0 Å². The number of carbonyl (C=O) groups excluding carboxylic acids is 1. The van der Waals surface area contributed by atoms with Gasteiger partial charge in [0.05, 0.1) is 6.04 Å². The second kappa shape index (κ2) is 8.82. The third-order valence-electron chi connectivity index (χ3n) is 4.61. The molecule has 2 rings (SSSR count). The van der Waals surface area contributed by atoms with Crippen molar-refractivity contribution in [1.82, 2.24) is 10.6 Å². The summed E-state index contributed by atoms with van der Waals surface area (Å²) in [6.07, 6.45) is 3.51. The number of aromatic hydroxyl groups is 1. The molecule has 0 bridgehead atoms. The number of aliphatic carboxylic acids is 1. The number of hydrogen-bond acceptors (Lipinski definition) is 5. The molecule has 1 aromatic rings. The Morgan fingerprint density at radius 2 is 1.96 bits per heavy atom. The highest BCUT2D eigenvalue weighted by molar-refractivity contribution is 5.87. The smallest absolute Gasteiger partial charge is 0.331 e. The highest BCUT2D eigenvalue weighted by Gasteiger charge is 2.34. The maximum absolute atomic E-state index is 11.5. The molecule has 0 saturated heterocycles. The van der Waals surface area contributed by atoms with Crippen molar-refractivity contribution in [3.63, 3.8) is 0 Å². The molecule has 1 aromatic carbocycles. The Morgan fingerprint density at radius 3 is 2.54 bits per heavy atom. The summed E-state index contributed by atoms with van der Waals surface area (Å²) < 4.78 is 0. The third kappa shape index (κ3) is 5.57. The van der Waals surface area contributed by atoms with Crippen LogP contribution >= 0.6 is 0 Å². The molecular formula is C19H27N3O4. The van der Waals surface area contributed by atoms with Gasteiger partial charge in [0, 0.05) is 30.6 Å². The van der Waals surface area contributed by atoms with Crippen molar-refractivity contribution in [2.24, 2.45) is 5.73 Å². The van der Waals surface area contributed by atoms with E-state index < -0.39 is 12.0 Å². The van der Waals surface area contributed by atoms with Crippen LogP contribution in [0.25, 0.3) is 0 Å². The van der Waals surface area contributed by atoms with Crippen molar-refractivity contribution in [2.45, 2.75) is 57.3 Å². The van der Waals surface area contributed by atoms with E-state index in [1.807, 2.05) is 19.1 Å². The Hall–Kier alpha value is -2.38. The Balaban J connectivity index is 2.03. The molecule has 0 aliphatic heterocycles. The van der Waals surface area contributed by atoms with E-state index in [1.54, 1.807) is 18.2 Å². The maximum atomic E-state index is 11.5. The van der Waals surface area contributed by atoms with Crippen molar-refractivity contribution in [1.29, 1.82) is 0 Å². The van der Waals surface area contributed by atoms with E-state index in [0.29, 0.717) is 0 Å². The average molecular weight is 361 g/mol. The number of aryl methyl sites for hydroxylation is 1. The van der Waals surface area contributed by atoms with Gasteiger partial charge < -0.3 is 26.6 Å². The fraction of sp³-hybridized carbons (Fsp3) is 0.474. The topological polar surface area (TPSA) is 125 Å². The van der Waals surface area contributed by atoms with E-state index in [1.165, 1.54) is 6.92 Å². The molecule has 1 aliphatic rings. The standard InChI is InChI=1S/C19H27N3O4/c1-11(3-4-13-5-7-15(24)8-6-13)21-17-10-14(19(25)26)9-16(20)18(17)22-12(2)23/h5-8,10-11,16-18,21,24H,3-4,9,20H2,1-2H3,(H,22,23)(H,25,26)/t11?,16-,17+,18+/m0/s1. The number of nitrogens with one attached hydrogen (secondary N) is 2. The van der Waals surface area contributed by atoms with Gasteiger partial charge in [0.2, 0.25) is 5.91 Å². The van der Waals surface area contributed by atoms with Gasteiger partial charge in [0.25, 0.3) is 0 Å². The van der Waals surface area contributed by atoms with Crippen LogP contribution in [0.5, 0.6) is 5.75 Å². The van der Waals surface area contributed by atoms with E-state index in [2.05, 4.69) is 10.6 Å². The summed E-state index contributed by atoms with van der Waals surface area (Å²) in [5.74, 6) is -0.938. The number of nitrogens with two attached hydrogens (primary N) is 1. The van der Waals surface area contributed by atoms with E-state index in [9.17, 15) is 19.8 Å². The van der Waals surface area contributed by atoms with Crippen molar-refractivity contribution in [2.75, 3.05) is 0 Å². The first-order valence-corrected chi connectivity index (χ1v) is 8.77. The Labute approximate surface area is 153 Å². The number of benzene rings is 1.